The van der Waals surface area contributed by atoms with Gasteiger partial charge in [0.1, 0.15) is 0 Å². The van der Waals surface area contributed by atoms with E-state index in [0.717, 1.165) is 32.6 Å². The van der Waals surface area contributed by atoms with Gasteiger partial charge in [-0.2, -0.15) is 0 Å². The van der Waals surface area contributed by atoms with E-state index in [-0.39, 0.29) is 6.03 Å². The summed E-state index contributed by atoms with van der Waals surface area (Å²) in [6.45, 7) is 7.60. The third kappa shape index (κ3) is 5.89. The maximum Gasteiger partial charge on any atom is 0.317 e. The number of hydrogen-bond donors (Lipinski definition) is 1. The van der Waals surface area contributed by atoms with E-state index in [1.54, 1.807) is 4.90 Å². The Balaban J connectivity index is 1.45. The lowest BCUT2D eigenvalue weighted by Crippen LogP contribution is -2.38. The number of anilines is 2. The third-order valence-corrected chi connectivity index (χ3v) is 5.58. The minimum atomic E-state index is -0.0102. The summed E-state index contributed by atoms with van der Waals surface area (Å²) < 4.78 is 0. The highest BCUT2D eigenvalue weighted by Gasteiger charge is 2.17. The Hall–Kier alpha value is -2.69. The largest absolute Gasteiger partial charge is 0.372 e. The molecule has 1 aliphatic rings. The quantitative estimate of drug-likeness (QED) is 0.643. The molecule has 5 heteroatoms. The zero-order valence-corrected chi connectivity index (χ0v) is 17.8. The van der Waals surface area contributed by atoms with Gasteiger partial charge in [-0.25, -0.2) is 4.79 Å². The first-order valence-corrected chi connectivity index (χ1v) is 10.8. The van der Waals surface area contributed by atoms with Crippen molar-refractivity contribution in [2.45, 2.75) is 32.7 Å². The van der Waals surface area contributed by atoms with Crippen LogP contribution in [0.5, 0.6) is 0 Å². The van der Waals surface area contributed by atoms with Crippen LogP contribution in [0.1, 0.15) is 31.7 Å². The topological polar surface area (TPSA) is 38.8 Å². The lowest BCUT2D eigenvalue weighted by Gasteiger charge is -2.25. The molecule has 0 aromatic heterocycles. The molecule has 0 atom stereocenters. The van der Waals surface area contributed by atoms with Gasteiger partial charge < -0.3 is 20.0 Å². The number of carbonyl (C=O) groups excluding carboxylic acids is 1. The molecule has 0 aliphatic carbocycles. The molecule has 0 unspecified atom stereocenters. The fourth-order valence-electron chi connectivity index (χ4n) is 3.95. The zero-order valence-electron chi connectivity index (χ0n) is 17.8. The highest BCUT2D eigenvalue weighted by molar-refractivity contribution is 5.74. The van der Waals surface area contributed by atoms with Crippen molar-refractivity contribution in [2.24, 2.45) is 0 Å². The minimum absolute atomic E-state index is 0.0102. The van der Waals surface area contributed by atoms with E-state index in [1.165, 1.54) is 29.8 Å². The first-order chi connectivity index (χ1) is 14.2. The van der Waals surface area contributed by atoms with Crippen LogP contribution in [0.2, 0.25) is 0 Å². The Kier molecular flexibility index (Phi) is 7.79. The van der Waals surface area contributed by atoms with E-state index in [4.69, 9.17) is 0 Å². The number of amides is 2. The van der Waals surface area contributed by atoms with Gasteiger partial charge in [0.15, 0.2) is 0 Å². The molecule has 1 saturated heterocycles. The molecule has 0 bridgehead atoms. The first kappa shape index (κ1) is 21.0. The smallest absolute Gasteiger partial charge is 0.317 e. The summed E-state index contributed by atoms with van der Waals surface area (Å²) in [7, 11) is 1.87. The maximum atomic E-state index is 12.6. The summed E-state index contributed by atoms with van der Waals surface area (Å²) in [5.41, 5.74) is 3.72. The van der Waals surface area contributed by atoms with Crippen LogP contribution >= 0.6 is 0 Å². The molecule has 2 aromatic rings. The molecule has 1 fully saturated rings. The molecule has 29 heavy (non-hydrogen) atoms. The van der Waals surface area contributed by atoms with Gasteiger partial charge in [0.2, 0.25) is 0 Å². The summed E-state index contributed by atoms with van der Waals surface area (Å²) in [5, 5.41) is 3.07. The predicted molar refractivity (Wildman–Crippen MR) is 122 cm³/mol. The lowest BCUT2D eigenvalue weighted by molar-refractivity contribution is 0.207. The van der Waals surface area contributed by atoms with Crippen molar-refractivity contribution >= 4 is 17.4 Å². The Morgan fingerprint density at radius 2 is 1.72 bits per heavy atom. The number of hydrogen-bond acceptors (Lipinski definition) is 3. The number of urea groups is 1. The fourth-order valence-corrected chi connectivity index (χ4v) is 3.95. The number of rotatable bonds is 9. The van der Waals surface area contributed by atoms with Crippen LogP contribution in [0.4, 0.5) is 16.2 Å². The predicted octanol–water partition coefficient (Wildman–Crippen LogP) is 4.34. The third-order valence-electron chi connectivity index (χ3n) is 5.58. The Morgan fingerprint density at radius 1 is 1.03 bits per heavy atom. The normalized spacial score (nSPS) is 13.4. The van der Waals surface area contributed by atoms with E-state index in [2.05, 4.69) is 70.6 Å². The zero-order chi connectivity index (χ0) is 20.5. The van der Waals surface area contributed by atoms with Crippen LogP contribution in [0, 0.1) is 0 Å². The van der Waals surface area contributed by atoms with Crippen LogP contribution in [-0.2, 0) is 6.54 Å². The van der Waals surface area contributed by atoms with Gasteiger partial charge in [-0.15, -0.1) is 0 Å². The van der Waals surface area contributed by atoms with E-state index in [9.17, 15) is 4.79 Å². The van der Waals surface area contributed by atoms with Crippen molar-refractivity contribution in [3.63, 3.8) is 0 Å². The molecule has 0 radical (unpaired) electrons. The summed E-state index contributed by atoms with van der Waals surface area (Å²) >= 11 is 0. The average Bonchev–Trinajstić information content (AvgIpc) is 3.29. The standard InChI is InChI=1S/C24H34N4O/c1-3-27(22-13-5-4-6-14-22)19-11-16-25-24(29)26(2)20-21-12-7-8-15-23(21)28-17-9-10-18-28/h4-8,12-15H,3,9-11,16-20H2,1-2H3,(H,25,29). The van der Waals surface area contributed by atoms with E-state index in [1.807, 2.05) is 13.1 Å². The molecule has 1 heterocycles. The van der Waals surface area contributed by atoms with Crippen molar-refractivity contribution < 1.29 is 4.79 Å². The molecule has 3 rings (SSSR count). The van der Waals surface area contributed by atoms with Crippen molar-refractivity contribution in [1.82, 2.24) is 10.2 Å². The van der Waals surface area contributed by atoms with Crippen LogP contribution in [0.3, 0.4) is 0 Å². The summed E-state index contributed by atoms with van der Waals surface area (Å²) in [4.78, 5) is 19.1. The van der Waals surface area contributed by atoms with Gasteiger partial charge in [0.25, 0.3) is 0 Å². The van der Waals surface area contributed by atoms with Crippen molar-refractivity contribution in [3.05, 3.63) is 60.2 Å². The fraction of sp³-hybridized carbons (Fsp3) is 0.458. The van der Waals surface area contributed by atoms with Crippen molar-refractivity contribution in [3.8, 4) is 0 Å². The number of nitrogens with zero attached hydrogens (tertiary/aromatic N) is 3. The van der Waals surface area contributed by atoms with Gasteiger partial charge in [-0.1, -0.05) is 36.4 Å². The molecule has 1 aliphatic heterocycles. The molecular weight excluding hydrogens is 360 g/mol. The summed E-state index contributed by atoms with van der Waals surface area (Å²) in [6, 6.07) is 18.9. The van der Waals surface area contributed by atoms with E-state index in [0.29, 0.717) is 13.1 Å². The highest BCUT2D eigenvalue weighted by atomic mass is 16.2. The van der Waals surface area contributed by atoms with Crippen LogP contribution in [-0.4, -0.2) is 50.7 Å². The van der Waals surface area contributed by atoms with Crippen LogP contribution in [0.15, 0.2) is 54.6 Å². The monoisotopic (exact) mass is 394 g/mol. The second-order valence-electron chi connectivity index (χ2n) is 7.68. The van der Waals surface area contributed by atoms with Gasteiger partial charge in [0.05, 0.1) is 0 Å². The number of carbonyl (C=O) groups is 1. The Labute approximate surface area is 175 Å². The molecule has 5 nitrogen and oxygen atoms in total. The second kappa shape index (κ2) is 10.7. The SMILES string of the molecule is CCN(CCCNC(=O)N(C)Cc1ccccc1N1CCCC1)c1ccccc1. The summed E-state index contributed by atoms with van der Waals surface area (Å²) in [5.74, 6) is 0. The van der Waals surface area contributed by atoms with Crippen molar-refractivity contribution in [2.75, 3.05) is 49.6 Å². The Morgan fingerprint density at radius 3 is 2.45 bits per heavy atom. The van der Waals surface area contributed by atoms with Crippen LogP contribution < -0.4 is 15.1 Å². The molecule has 156 valence electrons. The number of nitrogens with one attached hydrogen (secondary N) is 1. The van der Waals surface area contributed by atoms with Crippen molar-refractivity contribution in [1.29, 1.82) is 0 Å². The van der Waals surface area contributed by atoms with Crippen LogP contribution in [0.25, 0.3) is 0 Å². The highest BCUT2D eigenvalue weighted by Crippen LogP contribution is 2.25. The molecule has 2 amide bonds. The molecule has 0 saturated carbocycles. The van der Waals surface area contributed by atoms with E-state index >= 15 is 0 Å². The number of benzene rings is 2. The molecular formula is C24H34N4O. The molecule has 2 aromatic carbocycles. The van der Waals surface area contributed by atoms with Gasteiger partial charge >= 0.3 is 6.03 Å². The van der Waals surface area contributed by atoms with E-state index < -0.39 is 0 Å². The van der Waals surface area contributed by atoms with Gasteiger partial charge in [-0.05, 0) is 49.9 Å². The van der Waals surface area contributed by atoms with Gasteiger partial charge in [-0.3, -0.25) is 0 Å². The number of para-hydroxylation sites is 2. The minimum Gasteiger partial charge on any atom is -0.372 e. The average molecular weight is 395 g/mol. The van der Waals surface area contributed by atoms with Gasteiger partial charge in [0, 0.05) is 57.7 Å². The second-order valence-corrected chi connectivity index (χ2v) is 7.68. The summed E-state index contributed by atoms with van der Waals surface area (Å²) in [6.07, 6.45) is 3.43. The first-order valence-electron chi connectivity index (χ1n) is 10.8. The molecule has 0 spiro atoms. The lowest BCUT2D eigenvalue weighted by atomic mass is 10.1. The Bertz CT molecular complexity index is 758. The maximum absolute atomic E-state index is 12.6. The molecule has 1 N–H and O–H groups in total.